The van der Waals surface area contributed by atoms with Gasteiger partial charge < -0.3 is 19.6 Å². The van der Waals surface area contributed by atoms with Crippen molar-refractivity contribution < 1.29 is 24.3 Å². The molecule has 0 aliphatic carbocycles. The Hall–Kier alpha value is -2.41. The van der Waals surface area contributed by atoms with Gasteiger partial charge in [-0.25, -0.2) is 0 Å². The SMILES string of the molecule is CC(=O)OC[C@@H]1CC[C@@]2(O1)C(=O)N(Cc1ccccc1)C/C2=N\O. The Morgan fingerprint density at radius 1 is 1.46 bits per heavy atom. The van der Waals surface area contributed by atoms with E-state index in [9.17, 15) is 14.8 Å². The van der Waals surface area contributed by atoms with Crippen molar-refractivity contribution in [2.24, 2.45) is 5.16 Å². The second-order valence-corrected chi connectivity index (χ2v) is 6.10. The molecule has 0 saturated carbocycles. The van der Waals surface area contributed by atoms with Crippen molar-refractivity contribution in [1.82, 2.24) is 4.90 Å². The Morgan fingerprint density at radius 2 is 2.21 bits per heavy atom. The molecule has 0 aromatic heterocycles. The highest BCUT2D eigenvalue weighted by Gasteiger charge is 2.57. The number of oxime groups is 1. The van der Waals surface area contributed by atoms with Crippen LogP contribution in [0.4, 0.5) is 0 Å². The molecule has 7 nitrogen and oxygen atoms in total. The molecule has 1 N–H and O–H groups in total. The fourth-order valence-corrected chi connectivity index (χ4v) is 3.27. The molecule has 7 heteroatoms. The number of esters is 1. The molecule has 1 aromatic rings. The highest BCUT2D eigenvalue weighted by Crippen LogP contribution is 2.38. The first-order chi connectivity index (χ1) is 11.5. The van der Waals surface area contributed by atoms with E-state index in [1.54, 1.807) is 4.90 Å². The summed E-state index contributed by atoms with van der Waals surface area (Å²) in [6.45, 7) is 2.08. The van der Waals surface area contributed by atoms with Crippen LogP contribution in [0.3, 0.4) is 0 Å². The van der Waals surface area contributed by atoms with E-state index in [2.05, 4.69) is 5.16 Å². The van der Waals surface area contributed by atoms with E-state index < -0.39 is 5.60 Å². The third kappa shape index (κ3) is 2.99. The molecule has 2 heterocycles. The second-order valence-electron chi connectivity index (χ2n) is 6.10. The largest absolute Gasteiger partial charge is 0.463 e. The van der Waals surface area contributed by atoms with Crippen molar-refractivity contribution in [3.8, 4) is 0 Å². The van der Waals surface area contributed by atoms with Crippen molar-refractivity contribution in [2.45, 2.75) is 38.0 Å². The molecular formula is C17H20N2O5. The average Bonchev–Trinajstić information content (AvgIpc) is 3.12. The summed E-state index contributed by atoms with van der Waals surface area (Å²) in [5.41, 5.74) is 0.0809. The number of ether oxygens (including phenoxy) is 2. The maximum absolute atomic E-state index is 12.9. The van der Waals surface area contributed by atoms with Crippen molar-refractivity contribution in [2.75, 3.05) is 13.2 Å². The molecule has 2 aliphatic heterocycles. The van der Waals surface area contributed by atoms with Gasteiger partial charge in [0, 0.05) is 13.5 Å². The lowest BCUT2D eigenvalue weighted by Gasteiger charge is -2.23. The minimum atomic E-state index is -1.23. The zero-order valence-corrected chi connectivity index (χ0v) is 13.5. The summed E-state index contributed by atoms with van der Waals surface area (Å²) in [6, 6.07) is 9.61. The lowest BCUT2D eigenvalue weighted by Crippen LogP contribution is -2.44. The number of rotatable bonds is 4. The second kappa shape index (κ2) is 6.60. The number of nitrogens with zero attached hydrogens (tertiary/aromatic N) is 2. The molecule has 1 aromatic carbocycles. The van der Waals surface area contributed by atoms with E-state index in [0.717, 1.165) is 5.56 Å². The van der Waals surface area contributed by atoms with Gasteiger partial charge in [-0.1, -0.05) is 35.5 Å². The van der Waals surface area contributed by atoms with Gasteiger partial charge in [0.05, 0.1) is 12.6 Å². The Labute approximate surface area is 139 Å². The van der Waals surface area contributed by atoms with Gasteiger partial charge in [0.15, 0.2) is 5.60 Å². The maximum Gasteiger partial charge on any atom is 0.302 e. The topological polar surface area (TPSA) is 88.4 Å². The summed E-state index contributed by atoms with van der Waals surface area (Å²) in [6.07, 6.45) is 0.617. The van der Waals surface area contributed by atoms with Gasteiger partial charge in [-0.05, 0) is 18.4 Å². The van der Waals surface area contributed by atoms with Crippen molar-refractivity contribution in [1.29, 1.82) is 0 Å². The van der Waals surface area contributed by atoms with Crippen LogP contribution in [0.25, 0.3) is 0 Å². The van der Waals surface area contributed by atoms with E-state index in [1.807, 2.05) is 30.3 Å². The van der Waals surface area contributed by atoms with E-state index in [-0.39, 0.29) is 31.1 Å². The Morgan fingerprint density at radius 3 is 2.88 bits per heavy atom. The average molecular weight is 332 g/mol. The lowest BCUT2D eigenvalue weighted by molar-refractivity contribution is -0.151. The van der Waals surface area contributed by atoms with Crippen LogP contribution >= 0.6 is 0 Å². The maximum atomic E-state index is 12.9. The molecule has 0 unspecified atom stereocenters. The smallest absolute Gasteiger partial charge is 0.302 e. The number of carbonyl (C=O) groups excluding carboxylic acids is 2. The van der Waals surface area contributed by atoms with E-state index in [1.165, 1.54) is 6.92 Å². The van der Waals surface area contributed by atoms with Crippen molar-refractivity contribution in [3.05, 3.63) is 35.9 Å². The van der Waals surface area contributed by atoms with Crippen molar-refractivity contribution >= 4 is 17.6 Å². The zero-order chi connectivity index (χ0) is 17.2. The summed E-state index contributed by atoms with van der Waals surface area (Å²) in [5.74, 6) is -0.594. The normalized spacial score (nSPS) is 28.0. The molecule has 2 atom stereocenters. The standard InChI is InChI=1S/C17H20N2O5/c1-12(20)23-11-14-7-8-17(24-14)15(18-22)10-19(16(17)21)9-13-5-3-2-4-6-13/h2-6,14,22H,7-11H2,1H3/b18-15+/t14-,17-/m0/s1. The van der Waals surface area contributed by atoms with Crippen LogP contribution in [0.2, 0.25) is 0 Å². The van der Waals surface area contributed by atoms with Gasteiger partial charge in [0.1, 0.15) is 12.3 Å². The fourth-order valence-electron chi connectivity index (χ4n) is 3.27. The molecule has 2 aliphatic rings. The summed E-state index contributed by atoms with van der Waals surface area (Å²) < 4.78 is 10.8. The molecule has 2 saturated heterocycles. The molecule has 0 radical (unpaired) electrons. The van der Waals surface area contributed by atoms with Crippen LogP contribution in [0.15, 0.2) is 35.5 Å². The van der Waals surface area contributed by atoms with Gasteiger partial charge in [-0.15, -0.1) is 0 Å². The predicted molar refractivity (Wildman–Crippen MR) is 84.6 cm³/mol. The number of amides is 1. The predicted octanol–water partition coefficient (Wildman–Crippen LogP) is 1.34. The fraction of sp³-hybridized carbons (Fsp3) is 0.471. The molecular weight excluding hydrogens is 312 g/mol. The minimum Gasteiger partial charge on any atom is -0.463 e. The van der Waals surface area contributed by atoms with Crippen LogP contribution in [0.5, 0.6) is 0 Å². The van der Waals surface area contributed by atoms with E-state index in [0.29, 0.717) is 25.1 Å². The van der Waals surface area contributed by atoms with Crippen LogP contribution in [0, 0.1) is 0 Å². The number of benzene rings is 1. The third-order valence-electron chi connectivity index (χ3n) is 4.44. The number of hydrogen-bond donors (Lipinski definition) is 1. The molecule has 0 bridgehead atoms. The molecule has 2 fully saturated rings. The van der Waals surface area contributed by atoms with Gasteiger partial charge in [0.25, 0.3) is 5.91 Å². The van der Waals surface area contributed by atoms with Gasteiger partial charge >= 0.3 is 5.97 Å². The number of hydrogen-bond acceptors (Lipinski definition) is 6. The zero-order valence-electron chi connectivity index (χ0n) is 13.5. The molecule has 1 spiro atoms. The highest BCUT2D eigenvalue weighted by molar-refractivity contribution is 6.18. The Balaban J connectivity index is 1.74. The van der Waals surface area contributed by atoms with Crippen LogP contribution in [-0.2, 0) is 25.6 Å². The van der Waals surface area contributed by atoms with Crippen LogP contribution in [0.1, 0.15) is 25.3 Å². The first-order valence-corrected chi connectivity index (χ1v) is 7.91. The quantitative estimate of drug-likeness (QED) is 0.511. The number of likely N-dealkylation sites (tertiary alicyclic amines) is 1. The third-order valence-corrected chi connectivity index (χ3v) is 4.44. The number of carbonyl (C=O) groups is 2. The lowest BCUT2D eigenvalue weighted by atomic mass is 9.96. The molecule has 24 heavy (non-hydrogen) atoms. The summed E-state index contributed by atoms with van der Waals surface area (Å²) >= 11 is 0. The van der Waals surface area contributed by atoms with Gasteiger partial charge in [0.2, 0.25) is 0 Å². The molecule has 1 amide bonds. The summed E-state index contributed by atoms with van der Waals surface area (Å²) in [7, 11) is 0. The van der Waals surface area contributed by atoms with E-state index >= 15 is 0 Å². The minimum absolute atomic E-state index is 0.0990. The van der Waals surface area contributed by atoms with E-state index in [4.69, 9.17) is 9.47 Å². The Bertz CT molecular complexity index is 660. The van der Waals surface area contributed by atoms with Crippen LogP contribution < -0.4 is 0 Å². The molecule has 128 valence electrons. The Kier molecular flexibility index (Phi) is 4.53. The van der Waals surface area contributed by atoms with Crippen LogP contribution in [-0.4, -0.2) is 52.6 Å². The van der Waals surface area contributed by atoms with Gasteiger partial charge in [-0.2, -0.15) is 0 Å². The highest BCUT2D eigenvalue weighted by atomic mass is 16.6. The first-order valence-electron chi connectivity index (χ1n) is 7.91. The first kappa shape index (κ1) is 16.4. The molecule has 3 rings (SSSR count). The van der Waals surface area contributed by atoms with Crippen molar-refractivity contribution in [3.63, 3.8) is 0 Å². The van der Waals surface area contributed by atoms with Gasteiger partial charge in [-0.3, -0.25) is 9.59 Å². The monoisotopic (exact) mass is 332 g/mol. The summed E-state index contributed by atoms with van der Waals surface area (Å²) in [4.78, 5) is 25.4. The summed E-state index contributed by atoms with van der Waals surface area (Å²) in [5, 5.41) is 12.7.